The van der Waals surface area contributed by atoms with E-state index in [1.807, 2.05) is 12.1 Å². The molecule has 0 saturated carbocycles. The molecular formula is C46H33NO. The van der Waals surface area contributed by atoms with Gasteiger partial charge in [-0.05, 0) is 75.3 Å². The standard InChI is InChI=1S/C46H33NO/c1-45(2)36-20-9-11-22-38(36)46(39-23-12-10-21-37(39)45)35-19-8-6-18-34(35)44-40(46)24-14-25-41(44)47(30-15-4-3-5-16-30)31-27-28-33-32-17-7-13-26-42(32)48-43(33)29-31/h3-29H,1-2H3. The smallest absolute Gasteiger partial charge is 0.137 e. The van der Waals surface area contributed by atoms with E-state index < -0.39 is 5.41 Å². The highest BCUT2D eigenvalue weighted by Crippen LogP contribution is 2.64. The zero-order chi connectivity index (χ0) is 32.0. The molecule has 1 spiro atoms. The Kier molecular flexibility index (Phi) is 5.58. The van der Waals surface area contributed by atoms with Gasteiger partial charge in [-0.3, -0.25) is 0 Å². The summed E-state index contributed by atoms with van der Waals surface area (Å²) in [6.45, 7) is 4.75. The van der Waals surface area contributed by atoms with E-state index in [1.165, 1.54) is 44.5 Å². The van der Waals surface area contributed by atoms with Crippen LogP contribution in [0, 0.1) is 0 Å². The van der Waals surface area contributed by atoms with E-state index in [0.717, 1.165) is 39.0 Å². The van der Waals surface area contributed by atoms with Crippen LogP contribution in [-0.4, -0.2) is 0 Å². The first-order valence-corrected chi connectivity index (χ1v) is 16.8. The summed E-state index contributed by atoms with van der Waals surface area (Å²) in [7, 11) is 0. The molecule has 48 heavy (non-hydrogen) atoms. The first-order valence-electron chi connectivity index (χ1n) is 16.8. The summed E-state index contributed by atoms with van der Waals surface area (Å²) >= 11 is 0. The summed E-state index contributed by atoms with van der Waals surface area (Å²) in [5.74, 6) is 0. The van der Waals surface area contributed by atoms with Crippen LogP contribution in [0.25, 0.3) is 33.1 Å². The van der Waals surface area contributed by atoms with Crippen molar-refractivity contribution in [2.45, 2.75) is 24.7 Å². The molecule has 2 aliphatic carbocycles. The van der Waals surface area contributed by atoms with Crippen LogP contribution in [0.3, 0.4) is 0 Å². The Bertz CT molecular complexity index is 2500. The highest BCUT2D eigenvalue weighted by Gasteiger charge is 2.53. The SMILES string of the molecule is CC1(C)c2ccccc2C2(c3ccccc3-c3c(N(c4ccccc4)c4ccc5c(c4)oc4ccccc45)cccc32)c2ccccc21. The molecule has 0 aliphatic heterocycles. The fraction of sp³-hybridized carbons (Fsp3) is 0.0870. The van der Waals surface area contributed by atoms with Gasteiger partial charge in [0.1, 0.15) is 11.2 Å². The second kappa shape index (κ2) is 9.82. The molecule has 228 valence electrons. The molecule has 2 aliphatic rings. The molecule has 0 amide bonds. The second-order valence-electron chi connectivity index (χ2n) is 13.7. The molecule has 0 unspecified atom stereocenters. The lowest BCUT2D eigenvalue weighted by molar-refractivity contribution is 0.563. The van der Waals surface area contributed by atoms with Crippen molar-refractivity contribution in [1.29, 1.82) is 0 Å². The predicted octanol–water partition coefficient (Wildman–Crippen LogP) is 12.1. The van der Waals surface area contributed by atoms with Crippen molar-refractivity contribution in [3.8, 4) is 11.1 Å². The topological polar surface area (TPSA) is 16.4 Å². The molecule has 2 nitrogen and oxygen atoms in total. The highest BCUT2D eigenvalue weighted by atomic mass is 16.3. The lowest BCUT2D eigenvalue weighted by atomic mass is 9.55. The fourth-order valence-corrected chi connectivity index (χ4v) is 8.93. The van der Waals surface area contributed by atoms with Gasteiger partial charge in [0.15, 0.2) is 0 Å². The van der Waals surface area contributed by atoms with E-state index >= 15 is 0 Å². The molecule has 1 heterocycles. The Morgan fingerprint density at radius 3 is 1.77 bits per heavy atom. The molecule has 2 heteroatoms. The van der Waals surface area contributed by atoms with Gasteiger partial charge >= 0.3 is 0 Å². The quantitative estimate of drug-likeness (QED) is 0.197. The number of rotatable bonds is 3. The van der Waals surface area contributed by atoms with Gasteiger partial charge in [0.25, 0.3) is 0 Å². The third-order valence-corrected chi connectivity index (χ3v) is 10.9. The van der Waals surface area contributed by atoms with Crippen LogP contribution in [0.5, 0.6) is 0 Å². The number of nitrogens with zero attached hydrogens (tertiary/aromatic N) is 1. The number of fused-ring (bicyclic) bond motifs is 12. The van der Waals surface area contributed by atoms with Gasteiger partial charge in [-0.2, -0.15) is 0 Å². The number of benzene rings is 7. The van der Waals surface area contributed by atoms with Crippen LogP contribution in [0.15, 0.2) is 168 Å². The number of hydrogen-bond donors (Lipinski definition) is 0. The van der Waals surface area contributed by atoms with Crippen LogP contribution in [0.2, 0.25) is 0 Å². The van der Waals surface area contributed by atoms with Crippen molar-refractivity contribution in [3.05, 3.63) is 197 Å². The molecule has 7 aromatic carbocycles. The van der Waals surface area contributed by atoms with E-state index in [1.54, 1.807) is 0 Å². The molecule has 8 aromatic rings. The number of hydrogen-bond acceptors (Lipinski definition) is 2. The fourth-order valence-electron chi connectivity index (χ4n) is 8.93. The van der Waals surface area contributed by atoms with Crippen LogP contribution in [0.4, 0.5) is 17.1 Å². The molecule has 0 N–H and O–H groups in total. The summed E-state index contributed by atoms with van der Waals surface area (Å²) < 4.78 is 6.42. The molecule has 0 radical (unpaired) electrons. The van der Waals surface area contributed by atoms with Crippen molar-refractivity contribution in [2.75, 3.05) is 4.90 Å². The third kappa shape index (κ3) is 3.47. The van der Waals surface area contributed by atoms with Gasteiger partial charge in [0.05, 0.1) is 11.1 Å². The van der Waals surface area contributed by atoms with E-state index in [9.17, 15) is 0 Å². The molecular weight excluding hydrogens is 583 g/mol. The van der Waals surface area contributed by atoms with Crippen molar-refractivity contribution < 1.29 is 4.42 Å². The first-order chi connectivity index (χ1) is 23.6. The second-order valence-corrected chi connectivity index (χ2v) is 13.7. The number of para-hydroxylation sites is 2. The van der Waals surface area contributed by atoms with Crippen molar-refractivity contribution in [1.82, 2.24) is 0 Å². The Hall–Kier alpha value is -5.86. The summed E-state index contributed by atoms with van der Waals surface area (Å²) in [6.07, 6.45) is 0. The maximum atomic E-state index is 6.42. The lowest BCUT2D eigenvalue weighted by Crippen LogP contribution is -2.40. The molecule has 10 rings (SSSR count). The van der Waals surface area contributed by atoms with Gasteiger partial charge in [-0.15, -0.1) is 0 Å². The minimum atomic E-state index is -0.449. The zero-order valence-electron chi connectivity index (χ0n) is 26.9. The normalized spacial score (nSPS) is 14.8. The Balaban J connectivity index is 1.30. The monoisotopic (exact) mass is 615 g/mol. The van der Waals surface area contributed by atoms with E-state index in [4.69, 9.17) is 4.42 Å². The van der Waals surface area contributed by atoms with Crippen molar-refractivity contribution in [2.24, 2.45) is 0 Å². The Morgan fingerprint density at radius 1 is 0.438 bits per heavy atom. The van der Waals surface area contributed by atoms with Gasteiger partial charge in [-0.25, -0.2) is 0 Å². The van der Waals surface area contributed by atoms with E-state index in [-0.39, 0.29) is 5.41 Å². The van der Waals surface area contributed by atoms with Crippen LogP contribution >= 0.6 is 0 Å². The molecule has 0 fully saturated rings. The van der Waals surface area contributed by atoms with Crippen LogP contribution in [-0.2, 0) is 10.8 Å². The summed E-state index contributed by atoms with van der Waals surface area (Å²) in [6, 6.07) is 59.9. The van der Waals surface area contributed by atoms with Gasteiger partial charge in [-0.1, -0.05) is 135 Å². The van der Waals surface area contributed by atoms with E-state index in [0.29, 0.717) is 0 Å². The maximum Gasteiger partial charge on any atom is 0.137 e. The average Bonchev–Trinajstić information content (AvgIpc) is 3.66. The third-order valence-electron chi connectivity index (χ3n) is 10.9. The molecule has 0 saturated heterocycles. The van der Waals surface area contributed by atoms with Gasteiger partial charge < -0.3 is 9.32 Å². The maximum absolute atomic E-state index is 6.42. The average molecular weight is 616 g/mol. The molecule has 0 atom stereocenters. The Labute approximate surface area is 280 Å². The molecule has 1 aromatic heterocycles. The van der Waals surface area contributed by atoms with Crippen molar-refractivity contribution >= 4 is 39.0 Å². The summed E-state index contributed by atoms with van der Waals surface area (Å²) in [5.41, 5.74) is 15.2. The number of furan rings is 1. The Morgan fingerprint density at radius 2 is 1.02 bits per heavy atom. The summed E-state index contributed by atoms with van der Waals surface area (Å²) in [4.78, 5) is 2.41. The largest absolute Gasteiger partial charge is 0.456 e. The van der Waals surface area contributed by atoms with Crippen LogP contribution < -0.4 is 4.90 Å². The summed E-state index contributed by atoms with van der Waals surface area (Å²) in [5, 5.41) is 2.27. The van der Waals surface area contributed by atoms with E-state index in [2.05, 4.69) is 170 Å². The zero-order valence-corrected chi connectivity index (χ0v) is 26.9. The lowest BCUT2D eigenvalue weighted by Gasteiger charge is -2.46. The first kappa shape index (κ1) is 27.3. The van der Waals surface area contributed by atoms with Crippen LogP contribution in [0.1, 0.15) is 47.2 Å². The minimum Gasteiger partial charge on any atom is -0.456 e. The molecule has 0 bridgehead atoms. The minimum absolute atomic E-state index is 0.133. The highest BCUT2D eigenvalue weighted by molar-refractivity contribution is 6.06. The van der Waals surface area contributed by atoms with Gasteiger partial charge in [0.2, 0.25) is 0 Å². The number of anilines is 3. The van der Waals surface area contributed by atoms with Gasteiger partial charge in [0, 0.05) is 39.2 Å². The van der Waals surface area contributed by atoms with Crippen molar-refractivity contribution in [3.63, 3.8) is 0 Å². The predicted molar refractivity (Wildman–Crippen MR) is 198 cm³/mol.